The van der Waals surface area contributed by atoms with Crippen LogP contribution in [-0.4, -0.2) is 84.3 Å². The quantitative estimate of drug-likeness (QED) is 0.0876. The normalized spacial score (nSPS) is 18.9. The Morgan fingerprint density at radius 2 is 1.50 bits per heavy atom. The molecule has 1 unspecified atom stereocenters. The van der Waals surface area contributed by atoms with E-state index in [4.69, 9.17) is 4.84 Å². The average molecular weight is 748 g/mol. The van der Waals surface area contributed by atoms with Gasteiger partial charge in [-0.25, -0.2) is 4.79 Å². The van der Waals surface area contributed by atoms with Crippen molar-refractivity contribution in [1.29, 1.82) is 0 Å². The van der Waals surface area contributed by atoms with Crippen molar-refractivity contribution in [2.75, 3.05) is 18.1 Å². The topological polar surface area (TPSA) is 131 Å². The van der Waals surface area contributed by atoms with Crippen molar-refractivity contribution in [3.05, 3.63) is 43.7 Å². The molecule has 1 aliphatic heterocycles. The predicted octanol–water partition coefficient (Wildman–Crippen LogP) is 6.20. The Morgan fingerprint density at radius 1 is 0.917 bits per heavy atom. The predicted molar refractivity (Wildman–Crippen MR) is 191 cm³/mol. The van der Waals surface area contributed by atoms with E-state index in [0.717, 1.165) is 80.5 Å². The molecule has 4 heterocycles. The monoisotopic (exact) mass is 747 g/mol. The zero-order valence-corrected chi connectivity index (χ0v) is 31.3. The van der Waals surface area contributed by atoms with Gasteiger partial charge in [0.2, 0.25) is 5.91 Å². The molecule has 1 N–H and O–H groups in total. The first-order valence-electron chi connectivity index (χ1n) is 16.6. The van der Waals surface area contributed by atoms with Crippen LogP contribution in [0.3, 0.4) is 0 Å². The molecule has 0 radical (unpaired) electrons. The van der Waals surface area contributed by atoms with E-state index in [9.17, 15) is 14.4 Å². The minimum atomic E-state index is -0.703. The fourth-order valence-corrected chi connectivity index (χ4v) is 10.9. The number of hydroxylamine groups is 2. The summed E-state index contributed by atoms with van der Waals surface area (Å²) < 4.78 is 1.57. The van der Waals surface area contributed by atoms with E-state index < -0.39 is 12.0 Å². The van der Waals surface area contributed by atoms with Gasteiger partial charge in [-0.2, -0.15) is 0 Å². The number of thiophene rings is 1. The number of aromatic nitrogens is 4. The molecular weight excluding hydrogens is 707 g/mol. The number of β-lactam (4-membered cyclic amide) rings is 1. The SMILES string of the molecule is Cc1nnc(SCC(CSc2nnc(C)s2)=C(C(=O)ON(C2CCCCC2)C2CCCCC2)N2CC(NC(=O)Cc3cccs3)C2=O)s1. The maximum atomic E-state index is 14.6. The van der Waals surface area contributed by atoms with Gasteiger partial charge in [-0.15, -0.1) is 36.8 Å². The number of aryl methyl sites for hydroxylation is 2. The summed E-state index contributed by atoms with van der Waals surface area (Å²) in [6, 6.07) is 3.45. The Labute approximate surface area is 301 Å². The molecule has 2 saturated carbocycles. The van der Waals surface area contributed by atoms with E-state index in [1.165, 1.54) is 75.3 Å². The lowest BCUT2D eigenvalue weighted by atomic mass is 9.90. The van der Waals surface area contributed by atoms with Gasteiger partial charge in [-0.05, 0) is 56.6 Å². The summed E-state index contributed by atoms with van der Waals surface area (Å²) in [7, 11) is 0. The minimum Gasteiger partial charge on any atom is -0.362 e. The van der Waals surface area contributed by atoms with Crippen molar-refractivity contribution in [3.8, 4) is 0 Å². The zero-order chi connectivity index (χ0) is 33.5. The molecule has 3 aromatic rings. The molecule has 6 rings (SSSR count). The van der Waals surface area contributed by atoms with Crippen LogP contribution in [0.25, 0.3) is 0 Å². The molecule has 3 aliphatic rings. The van der Waals surface area contributed by atoms with Gasteiger partial charge in [0.05, 0.1) is 13.0 Å². The second-order valence-electron chi connectivity index (χ2n) is 12.4. The Balaban J connectivity index is 1.28. The van der Waals surface area contributed by atoms with Crippen molar-refractivity contribution in [2.24, 2.45) is 0 Å². The summed E-state index contributed by atoms with van der Waals surface area (Å²) in [5.41, 5.74) is 1.00. The summed E-state index contributed by atoms with van der Waals surface area (Å²) in [5, 5.41) is 25.4. The minimum absolute atomic E-state index is 0.171. The van der Waals surface area contributed by atoms with Crippen molar-refractivity contribution < 1.29 is 19.2 Å². The van der Waals surface area contributed by atoms with E-state index >= 15 is 0 Å². The molecular formula is C32H41N7O4S5. The number of thioether (sulfide) groups is 2. The van der Waals surface area contributed by atoms with Crippen molar-refractivity contribution in [2.45, 2.75) is 111 Å². The third-order valence-corrected chi connectivity index (χ3v) is 13.8. The number of rotatable bonds is 14. The van der Waals surface area contributed by atoms with Crippen LogP contribution < -0.4 is 5.32 Å². The molecule has 16 heteroatoms. The van der Waals surface area contributed by atoms with Crippen molar-refractivity contribution >= 4 is 75.3 Å². The zero-order valence-electron chi connectivity index (χ0n) is 27.2. The fourth-order valence-electron chi connectivity index (χ4n) is 6.40. The highest BCUT2D eigenvalue weighted by Crippen LogP contribution is 2.35. The Bertz CT molecular complexity index is 1520. The van der Waals surface area contributed by atoms with Gasteiger partial charge in [0, 0.05) is 28.5 Å². The Morgan fingerprint density at radius 3 is 1.98 bits per heavy atom. The average Bonchev–Trinajstić information content (AvgIpc) is 3.87. The summed E-state index contributed by atoms with van der Waals surface area (Å²) >= 11 is 7.47. The number of carbonyl (C=O) groups is 3. The Kier molecular flexibility index (Phi) is 12.6. The van der Waals surface area contributed by atoms with Crippen LogP contribution in [0.2, 0.25) is 0 Å². The van der Waals surface area contributed by atoms with E-state index in [0.29, 0.717) is 11.5 Å². The number of hydrogen-bond donors (Lipinski definition) is 1. The highest BCUT2D eigenvalue weighted by molar-refractivity contribution is 8.02. The van der Waals surface area contributed by atoms with E-state index in [1.807, 2.05) is 36.4 Å². The summed E-state index contributed by atoms with van der Waals surface area (Å²) in [4.78, 5) is 50.1. The smallest absolute Gasteiger partial charge is 0.362 e. The first-order valence-corrected chi connectivity index (χ1v) is 21.0. The van der Waals surface area contributed by atoms with Gasteiger partial charge in [-0.3, -0.25) is 9.59 Å². The standard InChI is InChI=1S/C32H41N7O4S5/c1-20-34-36-31(47-20)45-18-22(19-46-32-37-35-21(2)48-32)28(38-17-26(29(38)41)33-27(40)16-25-14-9-15-44-25)30(42)43-39(23-10-5-3-6-11-23)24-12-7-4-8-13-24/h9,14-15,23-24,26H,3-8,10-13,16-19H2,1-2H3,(H,33,40). The van der Waals surface area contributed by atoms with Crippen LogP contribution in [0.4, 0.5) is 0 Å². The van der Waals surface area contributed by atoms with Crippen LogP contribution in [0.1, 0.15) is 79.1 Å². The summed E-state index contributed by atoms with van der Waals surface area (Å²) in [6.45, 7) is 4.01. The number of nitrogens with one attached hydrogen (secondary N) is 1. The van der Waals surface area contributed by atoms with Gasteiger partial charge in [0.1, 0.15) is 21.8 Å². The number of hydrogen-bond acceptors (Lipinski definition) is 14. The number of likely N-dealkylation sites (tertiary alicyclic amines) is 1. The molecule has 0 aromatic carbocycles. The van der Waals surface area contributed by atoms with Gasteiger partial charge in [0.25, 0.3) is 5.91 Å². The van der Waals surface area contributed by atoms with E-state index in [2.05, 4.69) is 25.7 Å². The summed E-state index contributed by atoms with van der Waals surface area (Å²) in [6.07, 6.45) is 11.1. The fraction of sp³-hybridized carbons (Fsp3) is 0.594. The van der Waals surface area contributed by atoms with Gasteiger partial charge < -0.3 is 15.1 Å². The molecule has 3 aromatic heterocycles. The van der Waals surface area contributed by atoms with Crippen molar-refractivity contribution in [1.82, 2.24) is 35.7 Å². The second kappa shape index (κ2) is 17.0. The lowest BCUT2D eigenvalue weighted by molar-refractivity contribution is -0.220. The number of nitrogens with zero attached hydrogens (tertiary/aromatic N) is 6. The van der Waals surface area contributed by atoms with E-state index in [-0.39, 0.29) is 42.6 Å². The maximum absolute atomic E-state index is 14.6. The molecule has 0 spiro atoms. The highest BCUT2D eigenvalue weighted by atomic mass is 32.2. The molecule has 1 saturated heterocycles. The third-order valence-electron chi connectivity index (χ3n) is 8.79. The largest absolute Gasteiger partial charge is 0.373 e. The van der Waals surface area contributed by atoms with Crippen LogP contribution >= 0.6 is 57.5 Å². The Hall–Kier alpha value is -2.37. The lowest BCUT2D eigenvalue weighted by Gasteiger charge is -2.42. The van der Waals surface area contributed by atoms with Crippen LogP contribution in [0, 0.1) is 13.8 Å². The summed E-state index contributed by atoms with van der Waals surface area (Å²) in [5.74, 6) is -0.213. The van der Waals surface area contributed by atoms with Crippen molar-refractivity contribution in [3.63, 3.8) is 0 Å². The van der Waals surface area contributed by atoms with E-state index in [1.54, 1.807) is 0 Å². The lowest BCUT2D eigenvalue weighted by Crippen LogP contribution is -2.64. The van der Waals surface area contributed by atoms with Gasteiger partial charge in [0.15, 0.2) is 8.68 Å². The first-order chi connectivity index (χ1) is 23.3. The molecule has 2 aliphatic carbocycles. The molecule has 0 bridgehead atoms. The molecule has 48 heavy (non-hydrogen) atoms. The number of amides is 2. The molecule has 11 nitrogen and oxygen atoms in total. The highest BCUT2D eigenvalue weighted by Gasteiger charge is 2.44. The van der Waals surface area contributed by atoms with Gasteiger partial charge >= 0.3 is 5.97 Å². The van der Waals surface area contributed by atoms with Gasteiger partial charge in [-0.1, -0.05) is 90.8 Å². The second-order valence-corrected chi connectivity index (χ2v) is 18.2. The van der Waals surface area contributed by atoms with Crippen LogP contribution in [-0.2, 0) is 25.6 Å². The first kappa shape index (κ1) is 35.5. The van der Waals surface area contributed by atoms with Crippen LogP contribution in [0.5, 0.6) is 0 Å². The maximum Gasteiger partial charge on any atom is 0.373 e. The third kappa shape index (κ3) is 9.24. The molecule has 3 fully saturated rings. The molecule has 2 amide bonds. The molecule has 258 valence electrons. The van der Waals surface area contributed by atoms with Crippen LogP contribution in [0.15, 0.2) is 37.5 Å². The number of carbonyl (C=O) groups excluding carboxylic acids is 3. The molecule has 1 atom stereocenters.